The molecule has 2 atom stereocenters. The van der Waals surface area contributed by atoms with E-state index in [2.05, 4.69) is 19.2 Å². The molecule has 0 saturated carbocycles. The highest BCUT2D eigenvalue weighted by molar-refractivity contribution is 4.76. The first kappa shape index (κ1) is 11.0. The van der Waals surface area contributed by atoms with Gasteiger partial charge in [0.25, 0.3) is 0 Å². The molecule has 1 rings (SSSR count). The summed E-state index contributed by atoms with van der Waals surface area (Å²) in [6, 6.07) is 0.849. The first-order chi connectivity index (χ1) is 6.36. The van der Waals surface area contributed by atoms with Crippen LogP contribution in [0.3, 0.4) is 0 Å². The molecule has 0 bridgehead atoms. The molecule has 1 heterocycles. The molecule has 1 nitrogen and oxygen atoms in total. The summed E-state index contributed by atoms with van der Waals surface area (Å²) in [6.45, 7) is 5.89. The van der Waals surface area contributed by atoms with Gasteiger partial charge >= 0.3 is 0 Å². The van der Waals surface area contributed by atoms with E-state index >= 15 is 0 Å². The third kappa shape index (κ3) is 4.12. The van der Waals surface area contributed by atoms with E-state index < -0.39 is 0 Å². The van der Waals surface area contributed by atoms with Crippen LogP contribution >= 0.6 is 0 Å². The molecule has 0 amide bonds. The van der Waals surface area contributed by atoms with Crippen LogP contribution < -0.4 is 5.32 Å². The second kappa shape index (κ2) is 6.42. The summed E-state index contributed by atoms with van der Waals surface area (Å²) in [4.78, 5) is 0. The molecule has 1 saturated heterocycles. The van der Waals surface area contributed by atoms with Gasteiger partial charge < -0.3 is 5.32 Å². The predicted octanol–water partition coefficient (Wildman–Crippen LogP) is 3.34. The van der Waals surface area contributed by atoms with Crippen molar-refractivity contribution in [3.63, 3.8) is 0 Å². The van der Waals surface area contributed by atoms with Gasteiger partial charge in [0, 0.05) is 6.04 Å². The molecule has 0 aliphatic carbocycles. The number of hydrogen-bond acceptors (Lipinski definition) is 1. The van der Waals surface area contributed by atoms with Crippen molar-refractivity contribution in [3.8, 4) is 0 Å². The molecule has 1 unspecified atom stereocenters. The van der Waals surface area contributed by atoms with Gasteiger partial charge in [-0.2, -0.15) is 0 Å². The predicted molar refractivity (Wildman–Crippen MR) is 58.9 cm³/mol. The summed E-state index contributed by atoms with van der Waals surface area (Å²) in [5, 5.41) is 3.60. The quantitative estimate of drug-likeness (QED) is 0.666. The van der Waals surface area contributed by atoms with Gasteiger partial charge in [-0.1, -0.05) is 39.5 Å². The van der Waals surface area contributed by atoms with E-state index in [9.17, 15) is 0 Å². The molecule has 13 heavy (non-hydrogen) atoms. The molecule has 0 aromatic heterocycles. The van der Waals surface area contributed by atoms with Crippen molar-refractivity contribution in [2.45, 2.75) is 64.8 Å². The molecule has 0 aromatic carbocycles. The highest BCUT2D eigenvalue weighted by Crippen LogP contribution is 2.22. The zero-order valence-electron chi connectivity index (χ0n) is 9.31. The average Bonchev–Trinajstić information content (AvgIpc) is 2.64. The summed E-state index contributed by atoms with van der Waals surface area (Å²) in [5.74, 6) is 0.982. The Morgan fingerprint density at radius 3 is 2.77 bits per heavy atom. The maximum atomic E-state index is 3.60. The van der Waals surface area contributed by atoms with Gasteiger partial charge in [0.05, 0.1) is 0 Å². The van der Waals surface area contributed by atoms with Gasteiger partial charge in [0.1, 0.15) is 0 Å². The van der Waals surface area contributed by atoms with E-state index in [0.29, 0.717) is 0 Å². The molecule has 0 radical (unpaired) electrons. The summed E-state index contributed by atoms with van der Waals surface area (Å²) in [7, 11) is 0. The van der Waals surface area contributed by atoms with E-state index in [-0.39, 0.29) is 0 Å². The maximum absolute atomic E-state index is 3.60. The minimum Gasteiger partial charge on any atom is -0.314 e. The second-order valence-electron chi connectivity index (χ2n) is 4.45. The van der Waals surface area contributed by atoms with E-state index in [4.69, 9.17) is 0 Å². The Morgan fingerprint density at radius 1 is 1.38 bits per heavy atom. The molecule has 1 aliphatic heterocycles. The number of nitrogens with one attached hydrogen (secondary N) is 1. The fourth-order valence-corrected chi connectivity index (χ4v) is 2.34. The van der Waals surface area contributed by atoms with Crippen LogP contribution in [-0.2, 0) is 0 Å². The van der Waals surface area contributed by atoms with E-state index in [1.807, 2.05) is 0 Å². The van der Waals surface area contributed by atoms with E-state index in [1.165, 1.54) is 51.5 Å². The molecular formula is C12H25N. The summed E-state index contributed by atoms with van der Waals surface area (Å²) in [5.41, 5.74) is 0. The third-order valence-corrected chi connectivity index (χ3v) is 3.32. The molecule has 0 aromatic rings. The van der Waals surface area contributed by atoms with Crippen molar-refractivity contribution in [1.29, 1.82) is 0 Å². The van der Waals surface area contributed by atoms with Crippen LogP contribution in [0.2, 0.25) is 0 Å². The second-order valence-corrected chi connectivity index (χ2v) is 4.45. The number of unbranched alkanes of at least 4 members (excludes halogenated alkanes) is 1. The topological polar surface area (TPSA) is 12.0 Å². The SMILES string of the molecule is CCCC[C@H](CC)CC1CCCN1. The van der Waals surface area contributed by atoms with Gasteiger partial charge in [-0.15, -0.1) is 0 Å². The summed E-state index contributed by atoms with van der Waals surface area (Å²) in [6.07, 6.45) is 9.84. The lowest BCUT2D eigenvalue weighted by molar-refractivity contribution is 0.369. The Hall–Kier alpha value is -0.0400. The molecule has 1 N–H and O–H groups in total. The molecule has 1 heteroatoms. The van der Waals surface area contributed by atoms with Crippen molar-refractivity contribution >= 4 is 0 Å². The van der Waals surface area contributed by atoms with Crippen molar-refractivity contribution < 1.29 is 0 Å². The monoisotopic (exact) mass is 183 g/mol. The van der Waals surface area contributed by atoms with Gasteiger partial charge in [0.15, 0.2) is 0 Å². The zero-order chi connectivity index (χ0) is 9.52. The van der Waals surface area contributed by atoms with Crippen LogP contribution in [0.25, 0.3) is 0 Å². The molecule has 78 valence electrons. The standard InChI is InChI=1S/C12H25N/c1-3-5-7-11(4-2)10-12-8-6-9-13-12/h11-13H,3-10H2,1-2H3/t11-,12?/m0/s1. The van der Waals surface area contributed by atoms with Gasteiger partial charge in [-0.25, -0.2) is 0 Å². The van der Waals surface area contributed by atoms with Gasteiger partial charge in [0.2, 0.25) is 0 Å². The van der Waals surface area contributed by atoms with Crippen molar-refractivity contribution in [2.75, 3.05) is 6.54 Å². The van der Waals surface area contributed by atoms with Crippen LogP contribution in [0.5, 0.6) is 0 Å². The average molecular weight is 183 g/mol. The highest BCUT2D eigenvalue weighted by atomic mass is 14.9. The van der Waals surface area contributed by atoms with Crippen molar-refractivity contribution in [3.05, 3.63) is 0 Å². The first-order valence-corrected chi connectivity index (χ1v) is 6.10. The molecular weight excluding hydrogens is 158 g/mol. The van der Waals surface area contributed by atoms with Crippen molar-refractivity contribution in [1.82, 2.24) is 5.32 Å². The largest absolute Gasteiger partial charge is 0.314 e. The lowest BCUT2D eigenvalue weighted by Crippen LogP contribution is -2.24. The van der Waals surface area contributed by atoms with Crippen LogP contribution in [0.1, 0.15) is 58.8 Å². The smallest absolute Gasteiger partial charge is 0.00701 e. The van der Waals surface area contributed by atoms with Crippen LogP contribution in [0, 0.1) is 5.92 Å². The minimum absolute atomic E-state index is 0.849. The number of rotatable bonds is 6. The van der Waals surface area contributed by atoms with Gasteiger partial charge in [-0.05, 0) is 31.7 Å². The lowest BCUT2D eigenvalue weighted by Gasteiger charge is -2.18. The third-order valence-electron chi connectivity index (χ3n) is 3.32. The van der Waals surface area contributed by atoms with Crippen LogP contribution in [-0.4, -0.2) is 12.6 Å². The molecule has 1 aliphatic rings. The normalized spacial score (nSPS) is 24.9. The van der Waals surface area contributed by atoms with Crippen LogP contribution in [0.4, 0.5) is 0 Å². The zero-order valence-corrected chi connectivity index (χ0v) is 9.31. The van der Waals surface area contributed by atoms with E-state index in [0.717, 1.165) is 12.0 Å². The minimum atomic E-state index is 0.849. The maximum Gasteiger partial charge on any atom is 0.00701 e. The Kier molecular flexibility index (Phi) is 5.45. The van der Waals surface area contributed by atoms with Crippen LogP contribution in [0.15, 0.2) is 0 Å². The Labute approximate surface area is 83.3 Å². The highest BCUT2D eigenvalue weighted by Gasteiger charge is 2.17. The molecule has 0 spiro atoms. The first-order valence-electron chi connectivity index (χ1n) is 6.10. The molecule has 1 fully saturated rings. The Balaban J connectivity index is 2.13. The fraction of sp³-hybridized carbons (Fsp3) is 1.00. The Bertz CT molecular complexity index is 116. The van der Waals surface area contributed by atoms with Crippen molar-refractivity contribution in [2.24, 2.45) is 5.92 Å². The lowest BCUT2D eigenvalue weighted by atomic mass is 9.91. The Morgan fingerprint density at radius 2 is 2.23 bits per heavy atom. The summed E-state index contributed by atoms with van der Waals surface area (Å²) >= 11 is 0. The summed E-state index contributed by atoms with van der Waals surface area (Å²) < 4.78 is 0. The van der Waals surface area contributed by atoms with Gasteiger partial charge in [-0.3, -0.25) is 0 Å². The number of hydrogen-bond donors (Lipinski definition) is 1. The van der Waals surface area contributed by atoms with E-state index in [1.54, 1.807) is 0 Å². The fourth-order valence-electron chi connectivity index (χ4n) is 2.34.